The van der Waals surface area contributed by atoms with Crippen molar-refractivity contribution < 1.29 is 9.18 Å². The third-order valence-corrected chi connectivity index (χ3v) is 5.42. The number of rotatable bonds is 2. The summed E-state index contributed by atoms with van der Waals surface area (Å²) in [6.07, 6.45) is 1.66. The number of aryl methyl sites for hydroxylation is 1. The molecule has 2 fully saturated rings. The standard InChI is InChI=1S/C20H21FN2O/c1-14-2-8-17(9-3-14)23-18(15-4-6-16(21)7-5-15)20(19(23)24)10-12-22-13-11-20/h2-9,18,22H,10-13H2,1H3. The smallest absolute Gasteiger partial charge is 0.236 e. The lowest BCUT2D eigenvalue weighted by molar-refractivity contribution is -0.142. The molecule has 4 rings (SSSR count). The van der Waals surface area contributed by atoms with Gasteiger partial charge in [-0.2, -0.15) is 0 Å². The SMILES string of the molecule is Cc1ccc(N2C(=O)C3(CCNCC3)C2c2ccc(F)cc2)cc1. The third-order valence-electron chi connectivity index (χ3n) is 5.42. The first-order chi connectivity index (χ1) is 11.6. The molecule has 2 aliphatic heterocycles. The zero-order valence-corrected chi connectivity index (χ0v) is 13.8. The van der Waals surface area contributed by atoms with Crippen LogP contribution in [-0.4, -0.2) is 19.0 Å². The Morgan fingerprint density at radius 1 is 1.04 bits per heavy atom. The molecular weight excluding hydrogens is 303 g/mol. The van der Waals surface area contributed by atoms with E-state index in [-0.39, 0.29) is 23.2 Å². The van der Waals surface area contributed by atoms with Crippen molar-refractivity contribution in [2.75, 3.05) is 18.0 Å². The van der Waals surface area contributed by atoms with Crippen LogP contribution in [0.1, 0.15) is 30.0 Å². The van der Waals surface area contributed by atoms with Crippen LogP contribution < -0.4 is 10.2 Å². The topological polar surface area (TPSA) is 32.3 Å². The summed E-state index contributed by atoms with van der Waals surface area (Å²) in [4.78, 5) is 15.0. The summed E-state index contributed by atoms with van der Waals surface area (Å²) in [6.45, 7) is 3.74. The van der Waals surface area contributed by atoms with Gasteiger partial charge in [-0.15, -0.1) is 0 Å². The monoisotopic (exact) mass is 324 g/mol. The van der Waals surface area contributed by atoms with Gasteiger partial charge in [0.2, 0.25) is 5.91 Å². The van der Waals surface area contributed by atoms with Gasteiger partial charge in [-0.3, -0.25) is 4.79 Å². The molecule has 2 saturated heterocycles. The molecule has 2 aromatic carbocycles. The van der Waals surface area contributed by atoms with Gasteiger partial charge in [-0.25, -0.2) is 4.39 Å². The molecule has 1 N–H and O–H groups in total. The summed E-state index contributed by atoms with van der Waals surface area (Å²) >= 11 is 0. The number of piperidine rings is 1. The van der Waals surface area contributed by atoms with Crippen molar-refractivity contribution in [3.8, 4) is 0 Å². The number of carbonyl (C=O) groups is 1. The Bertz CT molecular complexity index is 748. The molecular formula is C20H21FN2O. The van der Waals surface area contributed by atoms with Gasteiger partial charge in [-0.1, -0.05) is 29.8 Å². The van der Waals surface area contributed by atoms with Crippen LogP contribution in [0.2, 0.25) is 0 Å². The van der Waals surface area contributed by atoms with Gasteiger partial charge in [0.1, 0.15) is 5.82 Å². The molecule has 0 radical (unpaired) electrons. The van der Waals surface area contributed by atoms with Crippen molar-refractivity contribution >= 4 is 11.6 Å². The van der Waals surface area contributed by atoms with Crippen LogP contribution in [0.3, 0.4) is 0 Å². The van der Waals surface area contributed by atoms with E-state index in [1.54, 1.807) is 0 Å². The van der Waals surface area contributed by atoms with Crippen molar-refractivity contribution in [1.82, 2.24) is 5.32 Å². The highest BCUT2D eigenvalue weighted by molar-refractivity contribution is 6.06. The molecule has 0 aliphatic carbocycles. The van der Waals surface area contributed by atoms with E-state index in [9.17, 15) is 9.18 Å². The highest BCUT2D eigenvalue weighted by Crippen LogP contribution is 2.56. The van der Waals surface area contributed by atoms with Crippen LogP contribution >= 0.6 is 0 Å². The fraction of sp³-hybridized carbons (Fsp3) is 0.350. The van der Waals surface area contributed by atoms with Gasteiger partial charge in [0.25, 0.3) is 0 Å². The number of nitrogens with zero attached hydrogens (tertiary/aromatic N) is 1. The van der Waals surface area contributed by atoms with Crippen LogP contribution in [0.15, 0.2) is 48.5 Å². The van der Waals surface area contributed by atoms with Gasteiger partial charge in [0.15, 0.2) is 0 Å². The number of hydrogen-bond donors (Lipinski definition) is 1. The number of carbonyl (C=O) groups excluding carboxylic acids is 1. The second-order valence-electron chi connectivity index (χ2n) is 6.87. The Hall–Kier alpha value is -2.20. The Labute approximate surface area is 141 Å². The molecule has 2 heterocycles. The van der Waals surface area contributed by atoms with Crippen LogP contribution in [0.25, 0.3) is 0 Å². The molecule has 0 bridgehead atoms. The highest BCUT2D eigenvalue weighted by atomic mass is 19.1. The van der Waals surface area contributed by atoms with Gasteiger partial charge < -0.3 is 10.2 Å². The number of halogens is 1. The van der Waals surface area contributed by atoms with Crippen LogP contribution in [-0.2, 0) is 4.79 Å². The Balaban J connectivity index is 1.76. The van der Waals surface area contributed by atoms with E-state index in [0.29, 0.717) is 0 Å². The van der Waals surface area contributed by atoms with Gasteiger partial charge in [0, 0.05) is 5.69 Å². The van der Waals surface area contributed by atoms with E-state index in [1.165, 1.54) is 17.7 Å². The first-order valence-electron chi connectivity index (χ1n) is 8.48. The van der Waals surface area contributed by atoms with E-state index in [4.69, 9.17) is 0 Å². The molecule has 4 heteroatoms. The van der Waals surface area contributed by atoms with E-state index in [1.807, 2.05) is 48.2 Å². The van der Waals surface area contributed by atoms with Gasteiger partial charge in [-0.05, 0) is 62.7 Å². The minimum Gasteiger partial charge on any atom is -0.317 e. The van der Waals surface area contributed by atoms with Gasteiger partial charge in [0.05, 0.1) is 11.5 Å². The molecule has 1 unspecified atom stereocenters. The summed E-state index contributed by atoms with van der Waals surface area (Å²) in [5.74, 6) is -0.0483. The Kier molecular flexibility index (Phi) is 3.65. The maximum Gasteiger partial charge on any atom is 0.236 e. The maximum absolute atomic E-state index is 13.4. The first-order valence-corrected chi connectivity index (χ1v) is 8.48. The quantitative estimate of drug-likeness (QED) is 0.856. The second-order valence-corrected chi connectivity index (χ2v) is 6.87. The molecule has 2 aliphatic rings. The summed E-state index contributed by atoms with van der Waals surface area (Å²) in [7, 11) is 0. The average molecular weight is 324 g/mol. The molecule has 124 valence electrons. The van der Waals surface area contributed by atoms with E-state index >= 15 is 0 Å². The average Bonchev–Trinajstić information content (AvgIpc) is 2.62. The molecule has 1 atom stereocenters. The zero-order chi connectivity index (χ0) is 16.7. The molecule has 1 amide bonds. The number of hydrogen-bond acceptors (Lipinski definition) is 2. The van der Waals surface area contributed by atoms with E-state index < -0.39 is 0 Å². The minimum absolute atomic E-state index is 0.0181. The van der Waals surface area contributed by atoms with Crippen molar-refractivity contribution in [1.29, 1.82) is 0 Å². The molecule has 0 saturated carbocycles. The van der Waals surface area contributed by atoms with Crippen molar-refractivity contribution in [2.24, 2.45) is 5.41 Å². The molecule has 1 spiro atoms. The van der Waals surface area contributed by atoms with E-state index in [0.717, 1.165) is 37.2 Å². The number of β-lactam (4-membered cyclic amide) rings is 1. The molecule has 0 aromatic heterocycles. The number of benzene rings is 2. The summed E-state index contributed by atoms with van der Waals surface area (Å²) in [5, 5.41) is 3.34. The third kappa shape index (κ3) is 2.25. The van der Waals surface area contributed by atoms with Crippen LogP contribution in [0, 0.1) is 18.2 Å². The molecule has 3 nitrogen and oxygen atoms in total. The second kappa shape index (κ2) is 5.71. The van der Waals surface area contributed by atoms with Crippen LogP contribution in [0.4, 0.5) is 10.1 Å². The largest absolute Gasteiger partial charge is 0.317 e. The highest BCUT2D eigenvalue weighted by Gasteiger charge is 2.61. The van der Waals surface area contributed by atoms with Crippen molar-refractivity contribution in [2.45, 2.75) is 25.8 Å². The van der Waals surface area contributed by atoms with Gasteiger partial charge >= 0.3 is 0 Å². The number of nitrogens with one attached hydrogen (secondary N) is 1. The summed E-state index contributed by atoms with van der Waals surface area (Å²) in [5.41, 5.74) is 2.75. The Morgan fingerprint density at radius 3 is 2.29 bits per heavy atom. The molecule has 2 aromatic rings. The fourth-order valence-electron chi connectivity index (χ4n) is 4.10. The Morgan fingerprint density at radius 2 is 1.67 bits per heavy atom. The minimum atomic E-state index is -0.353. The van der Waals surface area contributed by atoms with Crippen LogP contribution in [0.5, 0.6) is 0 Å². The zero-order valence-electron chi connectivity index (χ0n) is 13.8. The van der Waals surface area contributed by atoms with Crippen molar-refractivity contribution in [3.63, 3.8) is 0 Å². The number of amides is 1. The lowest BCUT2D eigenvalue weighted by atomic mass is 9.62. The summed E-state index contributed by atoms with van der Waals surface area (Å²) in [6, 6.07) is 14.6. The predicted molar refractivity (Wildman–Crippen MR) is 92.3 cm³/mol. The fourth-order valence-corrected chi connectivity index (χ4v) is 4.10. The van der Waals surface area contributed by atoms with E-state index in [2.05, 4.69) is 5.32 Å². The maximum atomic E-state index is 13.4. The molecule has 24 heavy (non-hydrogen) atoms. The number of anilines is 1. The lowest BCUT2D eigenvalue weighted by Crippen LogP contribution is -2.66. The lowest BCUT2D eigenvalue weighted by Gasteiger charge is -2.58. The van der Waals surface area contributed by atoms with Crippen molar-refractivity contribution in [3.05, 3.63) is 65.5 Å². The normalized spacial score (nSPS) is 22.5. The summed E-state index contributed by atoms with van der Waals surface area (Å²) < 4.78 is 13.4. The first kappa shape index (κ1) is 15.3. The predicted octanol–water partition coefficient (Wildman–Crippen LogP) is 3.59.